The molecule has 2 aliphatic heterocycles. The number of benzene rings is 2. The molecule has 2 aliphatic rings. The molecule has 0 spiro atoms. The van der Waals surface area contributed by atoms with Gasteiger partial charge in [0.25, 0.3) is 15.9 Å². The van der Waals surface area contributed by atoms with Gasteiger partial charge in [-0.15, -0.1) is 0 Å². The molecular formula is C23H30N4O5S. The number of methoxy groups -OCH3 is 2. The Morgan fingerprint density at radius 3 is 2.30 bits per heavy atom. The van der Waals surface area contributed by atoms with E-state index in [1.54, 1.807) is 18.2 Å². The molecule has 0 aliphatic carbocycles. The van der Waals surface area contributed by atoms with E-state index in [0.29, 0.717) is 22.7 Å². The summed E-state index contributed by atoms with van der Waals surface area (Å²) < 4.78 is 39.8. The quantitative estimate of drug-likeness (QED) is 0.634. The van der Waals surface area contributed by atoms with Crippen LogP contribution in [0.15, 0.2) is 41.3 Å². The summed E-state index contributed by atoms with van der Waals surface area (Å²) in [6.07, 6.45) is 1.98. The van der Waals surface area contributed by atoms with Crippen LogP contribution in [0.3, 0.4) is 0 Å². The van der Waals surface area contributed by atoms with Gasteiger partial charge in [-0.1, -0.05) is 0 Å². The van der Waals surface area contributed by atoms with Crippen LogP contribution in [-0.2, 0) is 10.0 Å². The van der Waals surface area contributed by atoms with Crippen molar-refractivity contribution in [2.75, 3.05) is 63.1 Å². The van der Waals surface area contributed by atoms with Gasteiger partial charge in [-0.2, -0.15) is 0 Å². The van der Waals surface area contributed by atoms with E-state index in [1.165, 1.54) is 26.4 Å². The Hall–Kier alpha value is -2.98. The van der Waals surface area contributed by atoms with Gasteiger partial charge in [0, 0.05) is 50.9 Å². The highest BCUT2D eigenvalue weighted by Crippen LogP contribution is 2.33. The summed E-state index contributed by atoms with van der Waals surface area (Å²) in [4.78, 5) is 16.9. The van der Waals surface area contributed by atoms with E-state index in [2.05, 4.69) is 14.9 Å². The molecule has 2 fully saturated rings. The molecule has 4 rings (SSSR count). The third-order valence-electron chi connectivity index (χ3n) is 6.00. The standard InChI is InChI=1S/C23H30N4O5S/c1-31-21-8-6-18(16-22(21)32-2)33(29,30)25-19-15-17(23(28)27-11-3-4-12-27)5-7-20(19)26-13-9-24-10-14-26/h5-8,15-16,24-25H,3-4,9-14H2,1-2H3. The molecule has 1 amide bonds. The van der Waals surface area contributed by atoms with Gasteiger partial charge in [0.2, 0.25) is 0 Å². The molecule has 2 saturated heterocycles. The average Bonchev–Trinajstić information content (AvgIpc) is 3.38. The summed E-state index contributed by atoms with van der Waals surface area (Å²) in [6, 6.07) is 9.71. The Morgan fingerprint density at radius 1 is 0.939 bits per heavy atom. The van der Waals surface area contributed by atoms with Gasteiger partial charge < -0.3 is 24.6 Å². The van der Waals surface area contributed by atoms with Crippen LogP contribution in [0.1, 0.15) is 23.2 Å². The smallest absolute Gasteiger partial charge is 0.262 e. The highest BCUT2D eigenvalue weighted by molar-refractivity contribution is 7.92. The Labute approximate surface area is 194 Å². The number of likely N-dealkylation sites (tertiary alicyclic amines) is 1. The maximum absolute atomic E-state index is 13.3. The second-order valence-electron chi connectivity index (χ2n) is 8.09. The van der Waals surface area contributed by atoms with Crippen molar-refractivity contribution >= 4 is 27.3 Å². The Kier molecular flexibility index (Phi) is 6.94. The Morgan fingerprint density at radius 2 is 1.64 bits per heavy atom. The van der Waals surface area contributed by atoms with Crippen molar-refractivity contribution in [3.8, 4) is 11.5 Å². The number of nitrogens with one attached hydrogen (secondary N) is 2. The minimum Gasteiger partial charge on any atom is -0.493 e. The minimum atomic E-state index is -3.95. The van der Waals surface area contributed by atoms with Crippen molar-refractivity contribution in [2.45, 2.75) is 17.7 Å². The number of rotatable bonds is 7. The van der Waals surface area contributed by atoms with Crippen LogP contribution in [-0.4, -0.2) is 72.7 Å². The van der Waals surface area contributed by atoms with Gasteiger partial charge in [0.05, 0.1) is 30.5 Å². The normalized spacial score (nSPS) is 16.5. The molecule has 10 heteroatoms. The zero-order valence-corrected chi connectivity index (χ0v) is 19.8. The minimum absolute atomic E-state index is 0.0442. The first-order valence-electron chi connectivity index (χ1n) is 11.1. The SMILES string of the molecule is COc1ccc(S(=O)(=O)Nc2cc(C(=O)N3CCCC3)ccc2N2CCNCC2)cc1OC. The van der Waals surface area contributed by atoms with Crippen LogP contribution < -0.4 is 24.4 Å². The van der Waals surface area contributed by atoms with Crippen molar-refractivity contribution < 1.29 is 22.7 Å². The van der Waals surface area contributed by atoms with Gasteiger partial charge in [-0.05, 0) is 43.2 Å². The monoisotopic (exact) mass is 474 g/mol. The molecule has 0 radical (unpaired) electrons. The fourth-order valence-corrected chi connectivity index (χ4v) is 5.30. The third-order valence-corrected chi connectivity index (χ3v) is 7.37. The Balaban J connectivity index is 1.70. The molecule has 2 aromatic rings. The molecule has 0 saturated carbocycles. The number of hydrogen-bond donors (Lipinski definition) is 2. The van der Waals surface area contributed by atoms with E-state index in [4.69, 9.17) is 9.47 Å². The molecule has 2 heterocycles. The van der Waals surface area contributed by atoms with Gasteiger partial charge in [-0.25, -0.2) is 8.42 Å². The molecule has 0 atom stereocenters. The van der Waals surface area contributed by atoms with E-state index >= 15 is 0 Å². The zero-order chi connectivity index (χ0) is 23.4. The molecule has 178 valence electrons. The van der Waals surface area contributed by atoms with Crippen molar-refractivity contribution in [3.63, 3.8) is 0 Å². The Bertz CT molecular complexity index is 1110. The number of anilines is 2. The first-order valence-corrected chi connectivity index (χ1v) is 12.5. The highest BCUT2D eigenvalue weighted by Gasteiger charge is 2.25. The van der Waals surface area contributed by atoms with Crippen LogP contribution in [0.5, 0.6) is 11.5 Å². The first-order chi connectivity index (χ1) is 15.9. The van der Waals surface area contributed by atoms with Crippen molar-refractivity contribution in [1.82, 2.24) is 10.2 Å². The molecular weight excluding hydrogens is 444 g/mol. The largest absolute Gasteiger partial charge is 0.493 e. The summed E-state index contributed by atoms with van der Waals surface area (Å²) in [5, 5.41) is 3.30. The van der Waals surface area contributed by atoms with E-state index < -0.39 is 10.0 Å². The van der Waals surface area contributed by atoms with Gasteiger partial charge in [0.15, 0.2) is 11.5 Å². The van der Waals surface area contributed by atoms with Crippen LogP contribution in [0.4, 0.5) is 11.4 Å². The van der Waals surface area contributed by atoms with E-state index in [0.717, 1.165) is 57.8 Å². The number of hydrogen-bond acceptors (Lipinski definition) is 7. The first kappa shape index (κ1) is 23.2. The van der Waals surface area contributed by atoms with Crippen LogP contribution in [0.25, 0.3) is 0 Å². The average molecular weight is 475 g/mol. The van der Waals surface area contributed by atoms with Gasteiger partial charge in [-0.3, -0.25) is 9.52 Å². The van der Waals surface area contributed by atoms with Crippen molar-refractivity contribution in [3.05, 3.63) is 42.0 Å². The molecule has 9 nitrogen and oxygen atoms in total. The fourth-order valence-electron chi connectivity index (χ4n) is 4.22. The van der Waals surface area contributed by atoms with Gasteiger partial charge >= 0.3 is 0 Å². The van der Waals surface area contributed by atoms with E-state index in [-0.39, 0.29) is 10.8 Å². The third kappa shape index (κ3) is 5.01. The highest BCUT2D eigenvalue weighted by atomic mass is 32.2. The molecule has 0 aromatic heterocycles. The molecule has 0 unspecified atom stereocenters. The number of amides is 1. The summed E-state index contributed by atoms with van der Waals surface area (Å²) in [7, 11) is -0.997. The number of carbonyl (C=O) groups excluding carboxylic acids is 1. The predicted octanol–water partition coefficient (Wildman–Crippen LogP) is 2.15. The molecule has 2 N–H and O–H groups in total. The second kappa shape index (κ2) is 9.88. The summed E-state index contributed by atoms with van der Waals surface area (Å²) >= 11 is 0. The summed E-state index contributed by atoms with van der Waals surface area (Å²) in [5.41, 5.74) is 1.61. The number of piperazine rings is 1. The molecule has 2 aromatic carbocycles. The van der Waals surface area contributed by atoms with Gasteiger partial charge in [0.1, 0.15) is 0 Å². The van der Waals surface area contributed by atoms with Crippen LogP contribution in [0, 0.1) is 0 Å². The lowest BCUT2D eigenvalue weighted by Crippen LogP contribution is -2.43. The fraction of sp³-hybridized carbons (Fsp3) is 0.435. The predicted molar refractivity (Wildman–Crippen MR) is 127 cm³/mol. The van der Waals surface area contributed by atoms with Crippen molar-refractivity contribution in [1.29, 1.82) is 0 Å². The van der Waals surface area contributed by atoms with E-state index in [9.17, 15) is 13.2 Å². The molecule has 0 bridgehead atoms. The molecule has 33 heavy (non-hydrogen) atoms. The number of nitrogens with zero attached hydrogens (tertiary/aromatic N) is 2. The van der Waals surface area contributed by atoms with E-state index in [1.807, 2.05) is 11.0 Å². The van der Waals surface area contributed by atoms with Crippen LogP contribution in [0.2, 0.25) is 0 Å². The zero-order valence-electron chi connectivity index (χ0n) is 19.0. The summed E-state index contributed by atoms with van der Waals surface area (Å²) in [6.45, 7) is 4.54. The maximum atomic E-state index is 13.3. The number of sulfonamides is 1. The summed E-state index contributed by atoms with van der Waals surface area (Å²) in [5.74, 6) is 0.683. The topological polar surface area (TPSA) is 100 Å². The lowest BCUT2D eigenvalue weighted by Gasteiger charge is -2.31. The lowest BCUT2D eigenvalue weighted by atomic mass is 10.1. The van der Waals surface area contributed by atoms with Crippen LogP contribution >= 0.6 is 0 Å². The second-order valence-corrected chi connectivity index (χ2v) is 9.77. The number of carbonyl (C=O) groups is 1. The lowest BCUT2D eigenvalue weighted by molar-refractivity contribution is 0.0793. The van der Waals surface area contributed by atoms with Crippen molar-refractivity contribution in [2.24, 2.45) is 0 Å². The number of ether oxygens (including phenoxy) is 2. The maximum Gasteiger partial charge on any atom is 0.262 e.